The summed E-state index contributed by atoms with van der Waals surface area (Å²) >= 11 is 5.36. The first-order valence-electron chi connectivity index (χ1n) is 15.3. The summed E-state index contributed by atoms with van der Waals surface area (Å²) in [5.74, 6) is -1.50. The first kappa shape index (κ1) is 35.2. The van der Waals surface area contributed by atoms with Crippen molar-refractivity contribution in [2.75, 3.05) is 25.0 Å². The van der Waals surface area contributed by atoms with Crippen molar-refractivity contribution in [3.05, 3.63) is 70.4 Å². The van der Waals surface area contributed by atoms with Gasteiger partial charge in [0.2, 0.25) is 17.8 Å². The first-order chi connectivity index (χ1) is 23.0. The number of nitrogens with two attached hydrogens (primary N) is 2. The molecule has 0 aromatic heterocycles. The Morgan fingerprint density at radius 2 is 1.71 bits per heavy atom. The van der Waals surface area contributed by atoms with Gasteiger partial charge in [-0.25, -0.2) is 9.80 Å². The molecule has 252 valence electrons. The van der Waals surface area contributed by atoms with E-state index >= 15 is 0 Å². The molecule has 2 aromatic carbocycles. The molecule has 14 nitrogen and oxygen atoms in total. The number of hydrazone groups is 1. The Kier molecular flexibility index (Phi) is 11.9. The lowest BCUT2D eigenvalue weighted by Gasteiger charge is -2.18. The maximum absolute atomic E-state index is 12.4. The molecule has 2 aromatic rings. The lowest BCUT2D eigenvalue weighted by Crippen LogP contribution is -2.33. The number of aromatic hydroxyl groups is 1. The standard InChI is InChI=1S/C33H37N7O7S/c1-2-40(39-32(34)35)29(44)6-4-3-5-14-36-28(43)13-15-37-33(48)38-19-7-10-22(25(16-19)31(45)46)30-23-11-8-20(41)17-26(23)47-27-18-21(42)9-12-24(27)30/h7-12,16-18,41H,2-6,13-15H2,1H3,(H,36,43)(H,45,46)(H4,34,35,39)(H2,37,38,48). The topological polar surface area (TPSA) is 226 Å². The lowest BCUT2D eigenvalue weighted by molar-refractivity contribution is -0.131. The Hall–Kier alpha value is -5.70. The van der Waals surface area contributed by atoms with Gasteiger partial charge < -0.3 is 42.0 Å². The van der Waals surface area contributed by atoms with E-state index in [1.807, 2.05) is 0 Å². The molecule has 0 spiro atoms. The number of hydrogen-bond acceptors (Lipinski definition) is 8. The molecule has 0 saturated carbocycles. The lowest BCUT2D eigenvalue weighted by atomic mass is 9.90. The molecule has 2 aliphatic rings. The molecular formula is C33H37N7O7S. The number of aromatic carboxylic acids is 1. The number of anilines is 1. The summed E-state index contributed by atoms with van der Waals surface area (Å²) in [6, 6.07) is 13.5. The Balaban J connectivity index is 1.31. The highest BCUT2D eigenvalue weighted by molar-refractivity contribution is 7.80. The third-order valence-corrected chi connectivity index (χ3v) is 7.55. The summed E-state index contributed by atoms with van der Waals surface area (Å²) in [4.78, 5) is 48.9. The number of amides is 2. The van der Waals surface area contributed by atoms with Gasteiger partial charge in [0.1, 0.15) is 17.1 Å². The van der Waals surface area contributed by atoms with E-state index in [1.165, 1.54) is 35.3 Å². The summed E-state index contributed by atoms with van der Waals surface area (Å²) in [6.45, 7) is 2.85. The molecule has 0 atom stereocenters. The fourth-order valence-electron chi connectivity index (χ4n) is 5.10. The van der Waals surface area contributed by atoms with Crippen molar-refractivity contribution >= 4 is 57.7 Å². The number of carbonyl (C=O) groups excluding carboxylic acids is 2. The maximum atomic E-state index is 12.4. The van der Waals surface area contributed by atoms with Gasteiger partial charge in [0.15, 0.2) is 10.5 Å². The van der Waals surface area contributed by atoms with E-state index in [0.717, 1.165) is 6.42 Å². The van der Waals surface area contributed by atoms with Crippen LogP contribution in [0, 0.1) is 0 Å². The second-order valence-electron chi connectivity index (χ2n) is 10.8. The smallest absolute Gasteiger partial charge is 0.336 e. The molecule has 9 N–H and O–H groups in total. The summed E-state index contributed by atoms with van der Waals surface area (Å²) < 4.78 is 5.87. The predicted octanol–water partition coefficient (Wildman–Crippen LogP) is 3.36. The predicted molar refractivity (Wildman–Crippen MR) is 187 cm³/mol. The van der Waals surface area contributed by atoms with E-state index in [4.69, 9.17) is 28.1 Å². The third kappa shape index (κ3) is 9.19. The normalized spacial score (nSPS) is 10.8. The summed E-state index contributed by atoms with van der Waals surface area (Å²) in [6.07, 6.45) is 2.54. The number of carboxylic acids is 1. The molecule has 0 radical (unpaired) electrons. The van der Waals surface area contributed by atoms with E-state index in [0.29, 0.717) is 60.1 Å². The van der Waals surface area contributed by atoms with Crippen LogP contribution in [0.25, 0.3) is 33.4 Å². The molecule has 0 fully saturated rings. The minimum Gasteiger partial charge on any atom is -0.508 e. The highest BCUT2D eigenvalue weighted by Crippen LogP contribution is 2.42. The van der Waals surface area contributed by atoms with Crippen LogP contribution < -0.4 is 32.8 Å². The highest BCUT2D eigenvalue weighted by atomic mass is 32.1. The van der Waals surface area contributed by atoms with Gasteiger partial charge in [0.25, 0.3) is 0 Å². The fourth-order valence-corrected chi connectivity index (χ4v) is 5.32. The Morgan fingerprint density at radius 1 is 0.938 bits per heavy atom. The quantitative estimate of drug-likeness (QED) is 0.0255. The third-order valence-electron chi connectivity index (χ3n) is 7.30. The number of rotatable bonds is 14. The number of nitrogens with one attached hydrogen (secondary N) is 3. The van der Waals surface area contributed by atoms with Crippen molar-refractivity contribution in [2.24, 2.45) is 16.6 Å². The van der Waals surface area contributed by atoms with E-state index in [2.05, 4.69) is 21.1 Å². The van der Waals surface area contributed by atoms with Crippen LogP contribution in [0.1, 0.15) is 49.4 Å². The number of carbonyl (C=O) groups is 3. The summed E-state index contributed by atoms with van der Waals surface area (Å²) in [5.41, 5.74) is 12.5. The Morgan fingerprint density at radius 3 is 2.44 bits per heavy atom. The van der Waals surface area contributed by atoms with Crippen molar-refractivity contribution in [2.45, 2.75) is 39.0 Å². The molecule has 0 bridgehead atoms. The van der Waals surface area contributed by atoms with E-state index in [9.17, 15) is 29.4 Å². The van der Waals surface area contributed by atoms with Crippen LogP contribution in [0.4, 0.5) is 5.69 Å². The average molecular weight is 676 g/mol. The van der Waals surface area contributed by atoms with Gasteiger partial charge in [-0.05, 0) is 73.9 Å². The van der Waals surface area contributed by atoms with Crippen LogP contribution in [0.5, 0.6) is 5.75 Å². The first-order valence-corrected chi connectivity index (χ1v) is 15.7. The highest BCUT2D eigenvalue weighted by Gasteiger charge is 2.22. The molecular weight excluding hydrogens is 638 g/mol. The molecule has 2 amide bonds. The van der Waals surface area contributed by atoms with Crippen LogP contribution in [0.3, 0.4) is 0 Å². The number of hydrogen-bond donors (Lipinski definition) is 7. The van der Waals surface area contributed by atoms with Crippen LogP contribution in [0.15, 0.2) is 68.9 Å². The number of phenolic OH excluding ortho intramolecular Hbond substituents is 1. The van der Waals surface area contributed by atoms with Gasteiger partial charge in [-0.3, -0.25) is 14.4 Å². The number of phenols is 1. The van der Waals surface area contributed by atoms with Crippen LogP contribution in [-0.4, -0.2) is 63.7 Å². The number of fused-ring (bicyclic) bond motifs is 2. The number of thiocarbonyl (C=S) groups is 1. The molecule has 4 rings (SSSR count). The van der Waals surface area contributed by atoms with Crippen LogP contribution in [0.2, 0.25) is 0 Å². The molecule has 48 heavy (non-hydrogen) atoms. The Bertz CT molecular complexity index is 1890. The molecule has 1 aliphatic heterocycles. The molecule has 1 aliphatic carbocycles. The molecule has 0 unspecified atom stereocenters. The zero-order valence-electron chi connectivity index (χ0n) is 26.2. The average Bonchev–Trinajstić information content (AvgIpc) is 3.03. The minimum absolute atomic E-state index is 0.0314. The summed E-state index contributed by atoms with van der Waals surface area (Å²) in [5, 5.41) is 34.7. The van der Waals surface area contributed by atoms with Crippen LogP contribution in [-0.2, 0) is 9.59 Å². The number of nitrogens with zero attached hydrogens (tertiary/aromatic N) is 2. The van der Waals surface area contributed by atoms with Gasteiger partial charge in [-0.15, -0.1) is 5.10 Å². The van der Waals surface area contributed by atoms with Gasteiger partial charge >= 0.3 is 5.97 Å². The SMILES string of the molecule is CCN(N=C(N)N)C(=O)CCCCCNC(=O)CCNC(=S)Nc1ccc(-c2c3ccc(=O)cc-3oc3cc(O)ccc23)c(C(=O)O)c1. The second kappa shape index (κ2) is 16.2. The zero-order chi connectivity index (χ0) is 34.8. The fraction of sp³-hybridized carbons (Fsp3) is 0.273. The molecule has 15 heteroatoms. The van der Waals surface area contributed by atoms with Crippen molar-refractivity contribution in [3.63, 3.8) is 0 Å². The van der Waals surface area contributed by atoms with E-state index in [1.54, 1.807) is 31.2 Å². The number of unbranched alkanes of at least 4 members (excludes halogenated alkanes) is 2. The van der Waals surface area contributed by atoms with Crippen molar-refractivity contribution in [1.82, 2.24) is 15.6 Å². The number of guanidine groups is 1. The zero-order valence-corrected chi connectivity index (χ0v) is 27.1. The second-order valence-corrected chi connectivity index (χ2v) is 11.2. The van der Waals surface area contributed by atoms with Crippen molar-refractivity contribution < 1.29 is 29.0 Å². The number of carboxylic acid groups (broad SMARTS) is 1. The minimum atomic E-state index is -1.19. The van der Waals surface area contributed by atoms with E-state index in [-0.39, 0.29) is 63.9 Å². The van der Waals surface area contributed by atoms with Gasteiger partial charge in [-0.2, -0.15) is 0 Å². The largest absolute Gasteiger partial charge is 0.508 e. The summed E-state index contributed by atoms with van der Waals surface area (Å²) in [7, 11) is 0. The van der Waals surface area contributed by atoms with Crippen molar-refractivity contribution in [3.8, 4) is 28.2 Å². The van der Waals surface area contributed by atoms with Crippen LogP contribution >= 0.6 is 12.2 Å². The monoisotopic (exact) mass is 675 g/mol. The number of benzene rings is 3. The van der Waals surface area contributed by atoms with Gasteiger partial charge in [0, 0.05) is 66.8 Å². The van der Waals surface area contributed by atoms with E-state index < -0.39 is 5.97 Å². The van der Waals surface area contributed by atoms with Gasteiger partial charge in [0.05, 0.1) is 5.56 Å². The Labute approximate surface area is 281 Å². The molecule has 0 saturated heterocycles. The molecule has 1 heterocycles. The van der Waals surface area contributed by atoms with Gasteiger partial charge in [-0.1, -0.05) is 12.5 Å². The maximum Gasteiger partial charge on any atom is 0.336 e. The van der Waals surface area contributed by atoms with Crippen molar-refractivity contribution in [1.29, 1.82) is 0 Å².